The van der Waals surface area contributed by atoms with Gasteiger partial charge >= 0.3 is 5.97 Å². The Kier molecular flexibility index (Phi) is 8.62. The second-order valence-corrected chi connectivity index (χ2v) is 12.4. The van der Waals surface area contributed by atoms with Gasteiger partial charge in [0.1, 0.15) is 11.9 Å². The number of carbonyl (C=O) groups excluding carboxylic acids is 2. The molecule has 2 aliphatic heterocycles. The van der Waals surface area contributed by atoms with Crippen molar-refractivity contribution in [2.75, 3.05) is 0 Å². The van der Waals surface area contributed by atoms with Crippen molar-refractivity contribution in [1.29, 1.82) is 0 Å². The number of Topliss-reactive ketones (excluding diaryl/α,β-unsaturated/α-hetero) is 1. The van der Waals surface area contributed by atoms with Gasteiger partial charge in [0.2, 0.25) is 0 Å². The number of fused-ring (bicyclic) bond motifs is 1. The normalized spacial score (nSPS) is 38.3. The minimum atomic E-state index is -1.23. The molecule has 2 N–H and O–H groups in total. The van der Waals surface area contributed by atoms with Gasteiger partial charge in [-0.2, -0.15) is 0 Å². The fourth-order valence-electron chi connectivity index (χ4n) is 4.96. The Morgan fingerprint density at radius 1 is 1.23 bits per heavy atom. The Morgan fingerprint density at radius 3 is 2.54 bits per heavy atom. The second-order valence-electron chi connectivity index (χ2n) is 11.3. The number of ketones is 1. The van der Waals surface area contributed by atoms with Crippen LogP contribution in [0, 0.1) is 30.1 Å². The number of aromatic nitrogens is 1. The van der Waals surface area contributed by atoms with Crippen molar-refractivity contribution in [3.8, 4) is 0 Å². The lowest BCUT2D eigenvalue weighted by molar-refractivity contribution is -0.158. The first-order chi connectivity index (χ1) is 16.2. The van der Waals surface area contributed by atoms with E-state index in [2.05, 4.69) is 4.98 Å². The summed E-state index contributed by atoms with van der Waals surface area (Å²) in [4.78, 5) is 30.7. The van der Waals surface area contributed by atoms with Crippen molar-refractivity contribution >= 4 is 23.1 Å². The lowest BCUT2D eigenvalue weighted by Crippen LogP contribution is -2.45. The van der Waals surface area contributed by atoms with E-state index in [0.717, 1.165) is 10.7 Å². The number of aliphatic hydroxyl groups is 2. The van der Waals surface area contributed by atoms with Gasteiger partial charge in [-0.15, -0.1) is 11.3 Å². The van der Waals surface area contributed by atoms with Gasteiger partial charge in [-0.3, -0.25) is 9.59 Å². The quantitative estimate of drug-likeness (QED) is 0.361. The molecule has 0 aromatic carbocycles. The van der Waals surface area contributed by atoms with Crippen molar-refractivity contribution < 1.29 is 29.3 Å². The van der Waals surface area contributed by atoms with Crippen LogP contribution in [0.15, 0.2) is 17.5 Å². The summed E-state index contributed by atoms with van der Waals surface area (Å²) in [6.07, 6.45) is 2.94. The third-order valence-electron chi connectivity index (χ3n) is 7.85. The molecule has 0 bridgehead atoms. The second kappa shape index (κ2) is 10.8. The molecule has 7 nitrogen and oxygen atoms in total. The van der Waals surface area contributed by atoms with E-state index < -0.39 is 35.6 Å². The van der Waals surface area contributed by atoms with Crippen LogP contribution in [-0.2, 0) is 25.5 Å². The molecule has 0 aliphatic carbocycles. The van der Waals surface area contributed by atoms with Crippen LogP contribution < -0.4 is 0 Å². The highest BCUT2D eigenvalue weighted by Crippen LogP contribution is 2.44. The van der Waals surface area contributed by atoms with Crippen LogP contribution in [0.1, 0.15) is 71.5 Å². The number of aryl methyl sites for hydroxylation is 1. The molecule has 8 heteroatoms. The van der Waals surface area contributed by atoms with Gasteiger partial charge in [-0.05, 0) is 32.6 Å². The Labute approximate surface area is 212 Å². The van der Waals surface area contributed by atoms with Crippen molar-refractivity contribution in [2.45, 2.75) is 104 Å². The summed E-state index contributed by atoms with van der Waals surface area (Å²) in [5.74, 6) is -1.75. The summed E-state index contributed by atoms with van der Waals surface area (Å²) >= 11 is 1.59. The molecule has 0 spiro atoms. The number of rotatable bonds is 3. The van der Waals surface area contributed by atoms with E-state index in [9.17, 15) is 19.8 Å². The fourth-order valence-corrected chi connectivity index (χ4v) is 5.59. The summed E-state index contributed by atoms with van der Waals surface area (Å²) in [5.41, 5.74) is -0.598. The van der Waals surface area contributed by atoms with E-state index in [1.54, 1.807) is 32.1 Å². The van der Waals surface area contributed by atoms with E-state index in [1.165, 1.54) is 0 Å². The molecule has 1 fully saturated rings. The predicted octanol–water partition coefficient (Wildman–Crippen LogP) is 4.03. The molecule has 3 heterocycles. The predicted molar refractivity (Wildman–Crippen MR) is 135 cm³/mol. The zero-order chi connectivity index (χ0) is 26.1. The summed E-state index contributed by atoms with van der Waals surface area (Å²) in [6, 6.07) is 0. The number of hydrogen-bond donors (Lipinski definition) is 2. The highest BCUT2D eigenvalue weighted by Gasteiger charge is 2.53. The molecule has 2 aliphatic rings. The van der Waals surface area contributed by atoms with Crippen LogP contribution in [0.3, 0.4) is 0 Å². The van der Waals surface area contributed by atoms with Gasteiger partial charge in [0, 0.05) is 23.6 Å². The Morgan fingerprint density at radius 2 is 1.91 bits per heavy atom. The first-order valence-corrected chi connectivity index (χ1v) is 13.5. The fraction of sp³-hybridized carbons (Fsp3) is 0.741. The number of carbonyl (C=O) groups is 2. The Balaban J connectivity index is 1.84. The minimum absolute atomic E-state index is 0.00491. The monoisotopic (exact) mass is 507 g/mol. The number of thiazole rings is 1. The number of esters is 1. The van der Waals surface area contributed by atoms with E-state index in [-0.39, 0.29) is 35.7 Å². The SMILES string of the molecule is Cc1nc(CC(C)[C@@H]2C[C@@H]3O[C@]3(C)C/C=C/[C@H](C)[C@H](O)[C@@H](C)C(=O)C(C)(C)[C@@H](O)CC(=O)O2)cs1. The highest BCUT2D eigenvalue weighted by atomic mass is 32.1. The van der Waals surface area contributed by atoms with Crippen molar-refractivity contribution in [3.63, 3.8) is 0 Å². The molecule has 35 heavy (non-hydrogen) atoms. The summed E-state index contributed by atoms with van der Waals surface area (Å²) < 4.78 is 11.9. The maximum atomic E-state index is 13.2. The molecule has 1 aromatic heterocycles. The lowest BCUT2D eigenvalue weighted by atomic mass is 9.73. The number of cyclic esters (lactones) is 1. The molecule has 8 atom stereocenters. The molecule has 1 aromatic rings. The molecule has 0 amide bonds. The first-order valence-electron chi connectivity index (χ1n) is 12.6. The first kappa shape index (κ1) is 28.0. The Hall–Kier alpha value is -1.61. The maximum Gasteiger partial charge on any atom is 0.308 e. The molecule has 196 valence electrons. The molecular formula is C27H41NO6S. The van der Waals surface area contributed by atoms with Gasteiger partial charge < -0.3 is 19.7 Å². The van der Waals surface area contributed by atoms with Gasteiger partial charge in [-0.1, -0.05) is 46.8 Å². The molecule has 0 radical (unpaired) electrons. The number of aliphatic hydroxyl groups excluding tert-OH is 2. The molecular weight excluding hydrogens is 466 g/mol. The minimum Gasteiger partial charge on any atom is -0.462 e. The van der Waals surface area contributed by atoms with E-state index in [0.29, 0.717) is 19.3 Å². The van der Waals surface area contributed by atoms with Crippen LogP contribution in [-0.4, -0.2) is 57.0 Å². The standard InChI is InChI=1S/C27H41NO6S/c1-15-9-8-10-27(7)22(34-27)12-20(16(2)11-19-14-35-18(4)28-19)33-23(30)13-21(29)26(5,6)25(32)17(3)24(15)31/h8-9,14-17,20-22,24,29,31H,10-13H2,1-7H3/b9-8+/t15-,16?,17+,20-,21-,22-,24-,27+/m0/s1. The van der Waals surface area contributed by atoms with Gasteiger partial charge in [0.25, 0.3) is 0 Å². The van der Waals surface area contributed by atoms with Gasteiger partial charge in [0.05, 0.1) is 46.5 Å². The number of ether oxygens (including phenoxy) is 2. The Bertz CT molecular complexity index is 942. The average molecular weight is 508 g/mol. The van der Waals surface area contributed by atoms with Gasteiger partial charge in [-0.25, -0.2) is 4.98 Å². The van der Waals surface area contributed by atoms with Crippen molar-refractivity contribution in [1.82, 2.24) is 4.98 Å². The lowest BCUT2D eigenvalue weighted by Gasteiger charge is -2.34. The maximum absolute atomic E-state index is 13.2. The van der Waals surface area contributed by atoms with Crippen molar-refractivity contribution in [3.05, 3.63) is 28.2 Å². The zero-order valence-corrected chi connectivity index (χ0v) is 22.8. The zero-order valence-electron chi connectivity index (χ0n) is 22.0. The average Bonchev–Trinajstić information content (AvgIpc) is 3.22. The number of epoxide rings is 1. The summed E-state index contributed by atoms with van der Waals surface area (Å²) in [5, 5.41) is 24.7. The van der Waals surface area contributed by atoms with Crippen LogP contribution >= 0.6 is 11.3 Å². The molecule has 1 saturated heterocycles. The van der Waals surface area contributed by atoms with Crippen molar-refractivity contribution in [2.24, 2.45) is 23.2 Å². The number of nitrogens with zero attached hydrogens (tertiary/aromatic N) is 1. The van der Waals surface area contributed by atoms with Crippen LogP contribution in [0.4, 0.5) is 0 Å². The third-order valence-corrected chi connectivity index (χ3v) is 8.67. The molecule has 3 rings (SSSR count). The molecule has 1 unspecified atom stereocenters. The number of hydrogen-bond acceptors (Lipinski definition) is 8. The van der Waals surface area contributed by atoms with Gasteiger partial charge in [0.15, 0.2) is 0 Å². The highest BCUT2D eigenvalue weighted by molar-refractivity contribution is 7.09. The van der Waals surface area contributed by atoms with Crippen LogP contribution in [0.5, 0.6) is 0 Å². The largest absolute Gasteiger partial charge is 0.462 e. The van der Waals surface area contributed by atoms with E-state index in [4.69, 9.17) is 9.47 Å². The summed E-state index contributed by atoms with van der Waals surface area (Å²) in [7, 11) is 0. The van der Waals surface area contributed by atoms with Crippen LogP contribution in [0.2, 0.25) is 0 Å². The molecule has 0 saturated carbocycles. The van der Waals surface area contributed by atoms with Crippen LogP contribution in [0.25, 0.3) is 0 Å². The summed E-state index contributed by atoms with van der Waals surface area (Å²) in [6.45, 7) is 12.8. The van der Waals surface area contributed by atoms with E-state index >= 15 is 0 Å². The topological polar surface area (TPSA) is 109 Å². The smallest absolute Gasteiger partial charge is 0.308 e. The van der Waals surface area contributed by atoms with E-state index in [1.807, 2.05) is 45.2 Å². The third kappa shape index (κ3) is 6.59.